The van der Waals surface area contributed by atoms with E-state index in [1.807, 2.05) is 18.9 Å². The molecule has 0 fully saturated rings. The number of nitrogens with zero attached hydrogens (tertiary/aromatic N) is 1. The SMILES string of the molecule is CCCCCN(C(=O)C(C)CNC)C(C)C. The van der Waals surface area contributed by atoms with Gasteiger partial charge >= 0.3 is 0 Å². The molecule has 0 saturated heterocycles. The van der Waals surface area contributed by atoms with Crippen LogP contribution in [0.15, 0.2) is 0 Å². The Balaban J connectivity index is 4.23. The molecule has 3 heteroatoms. The molecular formula is C13H28N2O. The van der Waals surface area contributed by atoms with E-state index in [0.29, 0.717) is 6.04 Å². The van der Waals surface area contributed by atoms with E-state index in [0.717, 1.165) is 19.5 Å². The molecule has 0 aromatic heterocycles. The van der Waals surface area contributed by atoms with Crippen LogP contribution in [0, 0.1) is 5.92 Å². The normalized spacial score (nSPS) is 12.9. The zero-order valence-electron chi connectivity index (χ0n) is 11.5. The number of unbranched alkanes of at least 4 members (excludes halogenated alkanes) is 2. The van der Waals surface area contributed by atoms with Crippen molar-refractivity contribution < 1.29 is 4.79 Å². The van der Waals surface area contributed by atoms with Gasteiger partial charge in [0.05, 0.1) is 0 Å². The zero-order valence-corrected chi connectivity index (χ0v) is 11.5. The Bertz CT molecular complexity index is 192. The summed E-state index contributed by atoms with van der Waals surface area (Å²) < 4.78 is 0. The third-order valence-electron chi connectivity index (χ3n) is 2.84. The molecule has 0 bridgehead atoms. The van der Waals surface area contributed by atoms with Crippen molar-refractivity contribution in [3.63, 3.8) is 0 Å². The van der Waals surface area contributed by atoms with Crippen molar-refractivity contribution >= 4 is 5.91 Å². The first-order chi connectivity index (χ1) is 7.54. The van der Waals surface area contributed by atoms with Crippen LogP contribution in [0.4, 0.5) is 0 Å². The molecule has 0 aliphatic rings. The number of amides is 1. The van der Waals surface area contributed by atoms with Crippen LogP contribution < -0.4 is 5.32 Å². The van der Waals surface area contributed by atoms with Gasteiger partial charge in [-0.2, -0.15) is 0 Å². The second-order valence-corrected chi connectivity index (χ2v) is 4.79. The summed E-state index contributed by atoms with van der Waals surface area (Å²) in [5, 5.41) is 3.06. The van der Waals surface area contributed by atoms with Crippen LogP contribution in [0.25, 0.3) is 0 Å². The highest BCUT2D eigenvalue weighted by atomic mass is 16.2. The number of hydrogen-bond donors (Lipinski definition) is 1. The molecule has 0 aliphatic heterocycles. The predicted octanol–water partition coefficient (Wildman–Crippen LogP) is 2.27. The lowest BCUT2D eigenvalue weighted by Crippen LogP contribution is -2.43. The summed E-state index contributed by atoms with van der Waals surface area (Å²) in [6.45, 7) is 10.0. The lowest BCUT2D eigenvalue weighted by atomic mass is 10.1. The zero-order chi connectivity index (χ0) is 12.6. The van der Waals surface area contributed by atoms with Gasteiger partial charge in [0.25, 0.3) is 0 Å². The first-order valence-electron chi connectivity index (χ1n) is 6.49. The monoisotopic (exact) mass is 228 g/mol. The second kappa shape index (κ2) is 8.57. The third kappa shape index (κ3) is 5.50. The number of nitrogens with one attached hydrogen (secondary N) is 1. The topological polar surface area (TPSA) is 32.3 Å². The maximum absolute atomic E-state index is 12.2. The first-order valence-corrected chi connectivity index (χ1v) is 6.49. The first kappa shape index (κ1) is 15.4. The summed E-state index contributed by atoms with van der Waals surface area (Å²) in [5.41, 5.74) is 0. The van der Waals surface area contributed by atoms with Crippen LogP contribution in [0.1, 0.15) is 47.0 Å². The predicted molar refractivity (Wildman–Crippen MR) is 69.5 cm³/mol. The molecule has 96 valence electrons. The van der Waals surface area contributed by atoms with Gasteiger partial charge < -0.3 is 10.2 Å². The largest absolute Gasteiger partial charge is 0.340 e. The second-order valence-electron chi connectivity index (χ2n) is 4.79. The standard InChI is InChI=1S/C13H28N2O/c1-6-7-8-9-15(11(2)3)13(16)12(4)10-14-5/h11-12,14H,6-10H2,1-5H3. The third-order valence-corrected chi connectivity index (χ3v) is 2.84. The van der Waals surface area contributed by atoms with Crippen LogP contribution in [-0.4, -0.2) is 37.0 Å². The quantitative estimate of drug-likeness (QED) is 0.646. The average Bonchev–Trinajstić information content (AvgIpc) is 2.23. The van der Waals surface area contributed by atoms with Gasteiger partial charge in [-0.05, 0) is 27.3 Å². The highest BCUT2D eigenvalue weighted by Gasteiger charge is 2.21. The van der Waals surface area contributed by atoms with Crippen molar-refractivity contribution in [2.24, 2.45) is 5.92 Å². The van der Waals surface area contributed by atoms with Crippen molar-refractivity contribution in [2.45, 2.75) is 53.0 Å². The molecule has 0 rings (SSSR count). The summed E-state index contributed by atoms with van der Waals surface area (Å²) in [7, 11) is 1.89. The Morgan fingerprint density at radius 1 is 1.25 bits per heavy atom. The molecule has 1 amide bonds. The molecule has 0 saturated carbocycles. The maximum Gasteiger partial charge on any atom is 0.226 e. The molecular weight excluding hydrogens is 200 g/mol. The minimum atomic E-state index is 0.0778. The van der Waals surface area contributed by atoms with Crippen LogP contribution in [0.3, 0.4) is 0 Å². The van der Waals surface area contributed by atoms with Crippen molar-refractivity contribution in [2.75, 3.05) is 20.1 Å². The molecule has 0 aromatic rings. The van der Waals surface area contributed by atoms with Crippen molar-refractivity contribution in [3.05, 3.63) is 0 Å². The molecule has 0 radical (unpaired) electrons. The summed E-state index contributed by atoms with van der Waals surface area (Å²) >= 11 is 0. The van der Waals surface area contributed by atoms with E-state index in [-0.39, 0.29) is 11.8 Å². The minimum Gasteiger partial charge on any atom is -0.340 e. The Kier molecular flexibility index (Phi) is 8.26. The molecule has 1 unspecified atom stereocenters. The van der Waals surface area contributed by atoms with E-state index >= 15 is 0 Å². The molecule has 0 heterocycles. The fourth-order valence-electron chi connectivity index (χ4n) is 1.83. The Morgan fingerprint density at radius 3 is 2.31 bits per heavy atom. The van der Waals surface area contributed by atoms with Gasteiger partial charge in [-0.25, -0.2) is 0 Å². The molecule has 0 spiro atoms. The van der Waals surface area contributed by atoms with E-state index in [9.17, 15) is 4.79 Å². The van der Waals surface area contributed by atoms with Gasteiger partial charge in [0.1, 0.15) is 0 Å². The lowest BCUT2D eigenvalue weighted by molar-refractivity contribution is -0.136. The van der Waals surface area contributed by atoms with Gasteiger partial charge in [0, 0.05) is 25.0 Å². The molecule has 16 heavy (non-hydrogen) atoms. The summed E-state index contributed by atoms with van der Waals surface area (Å²) in [6, 6.07) is 0.309. The summed E-state index contributed by atoms with van der Waals surface area (Å²) in [6.07, 6.45) is 3.52. The van der Waals surface area contributed by atoms with Gasteiger partial charge in [0.15, 0.2) is 0 Å². The Hall–Kier alpha value is -0.570. The van der Waals surface area contributed by atoms with Crippen molar-refractivity contribution in [1.29, 1.82) is 0 Å². The van der Waals surface area contributed by atoms with Gasteiger partial charge in [-0.1, -0.05) is 26.7 Å². The Morgan fingerprint density at radius 2 is 1.88 bits per heavy atom. The van der Waals surface area contributed by atoms with Gasteiger partial charge in [-0.15, -0.1) is 0 Å². The number of carbonyl (C=O) groups excluding carboxylic acids is 1. The minimum absolute atomic E-state index is 0.0778. The van der Waals surface area contributed by atoms with Crippen molar-refractivity contribution in [3.8, 4) is 0 Å². The molecule has 1 atom stereocenters. The maximum atomic E-state index is 12.2. The average molecular weight is 228 g/mol. The summed E-state index contributed by atoms with van der Waals surface area (Å²) in [5.74, 6) is 0.356. The molecule has 0 aliphatic carbocycles. The Labute approximate surface area is 101 Å². The van der Waals surface area contributed by atoms with Crippen LogP contribution in [0.2, 0.25) is 0 Å². The smallest absolute Gasteiger partial charge is 0.226 e. The number of rotatable bonds is 8. The fraction of sp³-hybridized carbons (Fsp3) is 0.923. The molecule has 1 N–H and O–H groups in total. The van der Waals surface area contributed by atoms with Crippen LogP contribution in [0.5, 0.6) is 0 Å². The number of hydrogen-bond acceptors (Lipinski definition) is 2. The fourth-order valence-corrected chi connectivity index (χ4v) is 1.83. The van der Waals surface area contributed by atoms with E-state index in [4.69, 9.17) is 0 Å². The highest BCUT2D eigenvalue weighted by Crippen LogP contribution is 2.09. The van der Waals surface area contributed by atoms with E-state index in [1.54, 1.807) is 0 Å². The van der Waals surface area contributed by atoms with E-state index in [1.165, 1.54) is 12.8 Å². The van der Waals surface area contributed by atoms with Crippen molar-refractivity contribution in [1.82, 2.24) is 10.2 Å². The van der Waals surface area contributed by atoms with E-state index < -0.39 is 0 Å². The molecule has 3 nitrogen and oxygen atoms in total. The van der Waals surface area contributed by atoms with Crippen LogP contribution in [-0.2, 0) is 4.79 Å². The van der Waals surface area contributed by atoms with Gasteiger partial charge in [0.2, 0.25) is 5.91 Å². The van der Waals surface area contributed by atoms with Crippen LogP contribution >= 0.6 is 0 Å². The lowest BCUT2D eigenvalue weighted by Gasteiger charge is -2.29. The van der Waals surface area contributed by atoms with Gasteiger partial charge in [-0.3, -0.25) is 4.79 Å². The highest BCUT2D eigenvalue weighted by molar-refractivity contribution is 5.79. The molecule has 0 aromatic carbocycles. The summed E-state index contributed by atoms with van der Waals surface area (Å²) in [4.78, 5) is 14.2. The van der Waals surface area contributed by atoms with E-state index in [2.05, 4.69) is 26.1 Å². The number of carbonyl (C=O) groups is 1.